The maximum absolute atomic E-state index is 12.9. The van der Waals surface area contributed by atoms with Gasteiger partial charge in [0.25, 0.3) is 5.91 Å². The maximum atomic E-state index is 12.9. The zero-order valence-corrected chi connectivity index (χ0v) is 21.7. The van der Waals surface area contributed by atoms with Crippen molar-refractivity contribution < 1.29 is 22.8 Å². The van der Waals surface area contributed by atoms with Crippen molar-refractivity contribution in [3.05, 3.63) is 69.5 Å². The van der Waals surface area contributed by atoms with Gasteiger partial charge in [0.15, 0.2) is 11.0 Å². The van der Waals surface area contributed by atoms with Crippen LogP contribution >= 0.6 is 35.0 Å². The van der Waals surface area contributed by atoms with Crippen molar-refractivity contribution >= 4 is 52.5 Å². The van der Waals surface area contributed by atoms with Gasteiger partial charge in [0, 0.05) is 17.8 Å². The Hall–Kier alpha value is -2.76. The van der Waals surface area contributed by atoms with Gasteiger partial charge in [0.2, 0.25) is 5.91 Å². The number of carbonyl (C=O) groups excluding carboxylic acids is 2. The minimum Gasteiger partial charge on any atom is -0.342 e. The van der Waals surface area contributed by atoms with Gasteiger partial charge >= 0.3 is 6.18 Å². The minimum absolute atomic E-state index is 0.0394. The lowest BCUT2D eigenvalue weighted by Gasteiger charge is -2.22. The highest BCUT2D eigenvalue weighted by Gasteiger charge is 2.30. The molecule has 1 aromatic heterocycles. The molecule has 3 rings (SSSR count). The molecule has 0 saturated heterocycles. The molecule has 0 unspecified atom stereocenters. The van der Waals surface area contributed by atoms with Gasteiger partial charge in [0.1, 0.15) is 0 Å². The van der Waals surface area contributed by atoms with E-state index < -0.39 is 29.6 Å². The third-order valence-corrected chi connectivity index (χ3v) is 6.65. The highest BCUT2D eigenvalue weighted by Crippen LogP contribution is 2.31. The van der Waals surface area contributed by atoms with E-state index in [1.54, 1.807) is 17.7 Å². The second-order valence-corrected chi connectivity index (χ2v) is 9.92. The standard InChI is InChI=1S/C23H22Cl2F3N5O2S/c1-12(2)19(30-21(35)16-8-7-14(24)10-17(16)25)20-31-32-22(33(20)3)36-11-18(34)29-15-6-4-5-13(9-15)23(26,27)28/h4-10,12,19H,11H2,1-3H3,(H,29,34)(H,30,35)/t19-/m1/s1. The van der Waals surface area contributed by atoms with Crippen molar-refractivity contribution in [2.75, 3.05) is 11.1 Å². The summed E-state index contributed by atoms with van der Waals surface area (Å²) >= 11 is 13.1. The Kier molecular flexibility index (Phi) is 8.91. The number of nitrogens with zero attached hydrogens (tertiary/aromatic N) is 3. The zero-order chi connectivity index (χ0) is 26.6. The van der Waals surface area contributed by atoms with Gasteiger partial charge in [-0.2, -0.15) is 13.2 Å². The van der Waals surface area contributed by atoms with Gasteiger partial charge in [-0.3, -0.25) is 9.59 Å². The minimum atomic E-state index is -4.51. The van der Waals surface area contributed by atoms with E-state index in [1.807, 2.05) is 13.8 Å². The first kappa shape index (κ1) is 27.8. The summed E-state index contributed by atoms with van der Waals surface area (Å²) in [5, 5.41) is 14.7. The van der Waals surface area contributed by atoms with E-state index in [2.05, 4.69) is 20.8 Å². The van der Waals surface area contributed by atoms with Gasteiger partial charge in [-0.05, 0) is 42.3 Å². The van der Waals surface area contributed by atoms with E-state index in [1.165, 1.54) is 24.3 Å². The number of hydrogen-bond donors (Lipinski definition) is 2. The van der Waals surface area contributed by atoms with Crippen LogP contribution in [0.5, 0.6) is 0 Å². The smallest absolute Gasteiger partial charge is 0.342 e. The molecule has 0 aliphatic heterocycles. The van der Waals surface area contributed by atoms with Gasteiger partial charge in [0.05, 0.1) is 27.9 Å². The van der Waals surface area contributed by atoms with Crippen molar-refractivity contribution in [2.45, 2.75) is 31.2 Å². The Morgan fingerprint density at radius 1 is 1.11 bits per heavy atom. The van der Waals surface area contributed by atoms with E-state index in [9.17, 15) is 22.8 Å². The molecule has 0 spiro atoms. The average Bonchev–Trinajstić information content (AvgIpc) is 3.15. The number of benzene rings is 2. The second kappa shape index (κ2) is 11.5. The number of hydrogen-bond acceptors (Lipinski definition) is 5. The topological polar surface area (TPSA) is 88.9 Å². The maximum Gasteiger partial charge on any atom is 0.416 e. The summed E-state index contributed by atoms with van der Waals surface area (Å²) in [4.78, 5) is 25.1. The van der Waals surface area contributed by atoms with Crippen LogP contribution in [0.25, 0.3) is 0 Å². The van der Waals surface area contributed by atoms with E-state index in [4.69, 9.17) is 23.2 Å². The molecule has 2 aromatic carbocycles. The Bertz CT molecular complexity index is 1270. The highest BCUT2D eigenvalue weighted by atomic mass is 35.5. The molecule has 0 aliphatic carbocycles. The molecule has 2 amide bonds. The Balaban J connectivity index is 1.67. The molecule has 3 aromatic rings. The van der Waals surface area contributed by atoms with Crippen molar-refractivity contribution in [1.82, 2.24) is 20.1 Å². The van der Waals surface area contributed by atoms with Crippen molar-refractivity contribution in [1.29, 1.82) is 0 Å². The van der Waals surface area contributed by atoms with Crippen LogP contribution in [0.3, 0.4) is 0 Å². The number of anilines is 1. The number of aromatic nitrogens is 3. The lowest BCUT2D eigenvalue weighted by atomic mass is 10.0. The molecule has 2 N–H and O–H groups in total. The Labute approximate surface area is 219 Å². The SMILES string of the molecule is CC(C)[C@@H](NC(=O)c1ccc(Cl)cc1Cl)c1nnc(SCC(=O)Nc2cccc(C(F)(F)F)c2)n1C. The largest absolute Gasteiger partial charge is 0.416 e. The molecule has 13 heteroatoms. The predicted molar refractivity (Wildman–Crippen MR) is 133 cm³/mol. The predicted octanol–water partition coefficient (Wildman–Crippen LogP) is 6.00. The molecule has 0 aliphatic rings. The Morgan fingerprint density at radius 3 is 2.47 bits per heavy atom. The van der Waals surface area contributed by atoms with E-state index in [0.29, 0.717) is 16.0 Å². The summed E-state index contributed by atoms with van der Waals surface area (Å²) in [6.45, 7) is 3.80. The van der Waals surface area contributed by atoms with Crippen molar-refractivity contribution in [2.24, 2.45) is 13.0 Å². The normalized spacial score (nSPS) is 12.5. The summed E-state index contributed by atoms with van der Waals surface area (Å²) in [6.07, 6.45) is -4.51. The fourth-order valence-corrected chi connectivity index (χ4v) is 4.46. The van der Waals surface area contributed by atoms with Crippen LogP contribution < -0.4 is 10.6 Å². The van der Waals surface area contributed by atoms with Crippen LogP contribution in [0.1, 0.15) is 41.6 Å². The molecule has 1 heterocycles. The van der Waals surface area contributed by atoms with Crippen LogP contribution in [-0.4, -0.2) is 32.3 Å². The summed E-state index contributed by atoms with van der Waals surface area (Å²) in [5.41, 5.74) is -0.556. The monoisotopic (exact) mass is 559 g/mol. The molecule has 192 valence electrons. The van der Waals surface area contributed by atoms with Crippen LogP contribution in [0.4, 0.5) is 18.9 Å². The quantitative estimate of drug-likeness (QED) is 0.330. The van der Waals surface area contributed by atoms with E-state index in [-0.39, 0.29) is 27.9 Å². The first-order valence-corrected chi connectivity index (χ1v) is 12.4. The second-order valence-electron chi connectivity index (χ2n) is 8.13. The molecule has 0 saturated carbocycles. The van der Waals surface area contributed by atoms with Crippen LogP contribution in [0.15, 0.2) is 47.6 Å². The first-order valence-electron chi connectivity index (χ1n) is 10.6. The fourth-order valence-electron chi connectivity index (χ4n) is 3.25. The van der Waals surface area contributed by atoms with Gasteiger partial charge in [-0.1, -0.05) is 54.9 Å². The van der Waals surface area contributed by atoms with Gasteiger partial charge in [-0.25, -0.2) is 0 Å². The first-order chi connectivity index (χ1) is 16.9. The molecular weight excluding hydrogens is 538 g/mol. The fraction of sp³-hybridized carbons (Fsp3) is 0.304. The van der Waals surface area contributed by atoms with Gasteiger partial charge < -0.3 is 15.2 Å². The molecule has 0 radical (unpaired) electrons. The van der Waals surface area contributed by atoms with Crippen molar-refractivity contribution in [3.63, 3.8) is 0 Å². The number of alkyl halides is 3. The summed E-state index contributed by atoms with van der Waals surface area (Å²) in [6, 6.07) is 8.44. The number of amides is 2. The van der Waals surface area contributed by atoms with E-state index >= 15 is 0 Å². The summed E-state index contributed by atoms with van der Waals surface area (Å²) < 4.78 is 40.3. The molecule has 7 nitrogen and oxygen atoms in total. The molecule has 36 heavy (non-hydrogen) atoms. The van der Waals surface area contributed by atoms with Crippen LogP contribution in [0.2, 0.25) is 10.0 Å². The van der Waals surface area contributed by atoms with Gasteiger partial charge in [-0.15, -0.1) is 10.2 Å². The number of thioether (sulfide) groups is 1. The third-order valence-electron chi connectivity index (χ3n) is 5.08. The number of carbonyl (C=O) groups is 2. The molecular formula is C23H22Cl2F3N5O2S. The highest BCUT2D eigenvalue weighted by molar-refractivity contribution is 7.99. The summed E-state index contributed by atoms with van der Waals surface area (Å²) in [5.74, 6) is -0.626. The number of nitrogens with one attached hydrogen (secondary N) is 2. The number of rotatable bonds is 8. The molecule has 0 fully saturated rings. The van der Waals surface area contributed by atoms with Crippen molar-refractivity contribution in [3.8, 4) is 0 Å². The van der Waals surface area contributed by atoms with Crippen LogP contribution in [-0.2, 0) is 18.0 Å². The van der Waals surface area contributed by atoms with Crippen LogP contribution in [0, 0.1) is 5.92 Å². The lowest BCUT2D eigenvalue weighted by molar-refractivity contribution is -0.137. The summed E-state index contributed by atoms with van der Waals surface area (Å²) in [7, 11) is 1.69. The number of halogens is 5. The molecule has 1 atom stereocenters. The average molecular weight is 560 g/mol. The molecule has 0 bridgehead atoms. The third kappa shape index (κ3) is 6.92. The Morgan fingerprint density at radius 2 is 1.83 bits per heavy atom. The zero-order valence-electron chi connectivity index (χ0n) is 19.4. The van der Waals surface area contributed by atoms with E-state index in [0.717, 1.165) is 23.9 Å². The lowest BCUT2D eigenvalue weighted by Crippen LogP contribution is -2.33.